The topological polar surface area (TPSA) is 43.1 Å². The fraction of sp³-hybridized carbons (Fsp3) is 0.455. The lowest BCUT2D eigenvalue weighted by Crippen LogP contribution is -2.05. The van der Waals surface area contributed by atoms with E-state index in [0.29, 0.717) is 12.3 Å². The normalized spacial score (nSPS) is 12.7. The molecule has 0 heterocycles. The molecule has 1 rings (SSSR count). The van der Waals surface area contributed by atoms with Gasteiger partial charge in [0, 0.05) is 28.9 Å². The second-order valence-corrected chi connectivity index (χ2v) is 4.84. The average Bonchev–Trinajstić information content (AvgIpc) is 2.19. The predicted molar refractivity (Wildman–Crippen MR) is 61.3 cm³/mol. The van der Waals surface area contributed by atoms with E-state index in [-0.39, 0.29) is 0 Å². The lowest BCUT2D eigenvalue weighted by molar-refractivity contribution is 0.681. The van der Waals surface area contributed by atoms with Crippen LogP contribution in [-0.2, 0) is 23.1 Å². The van der Waals surface area contributed by atoms with Crippen LogP contribution in [0.2, 0.25) is 0 Å². The molecular formula is C11H17NOS. The van der Waals surface area contributed by atoms with Gasteiger partial charge in [0.25, 0.3) is 0 Å². The van der Waals surface area contributed by atoms with Crippen molar-refractivity contribution in [1.29, 1.82) is 0 Å². The van der Waals surface area contributed by atoms with Crippen LogP contribution in [0.25, 0.3) is 0 Å². The van der Waals surface area contributed by atoms with E-state index >= 15 is 0 Å². The molecule has 0 spiro atoms. The van der Waals surface area contributed by atoms with Crippen molar-refractivity contribution in [2.75, 3.05) is 5.75 Å². The first-order valence-corrected chi connectivity index (χ1v) is 6.38. The van der Waals surface area contributed by atoms with E-state index in [1.165, 1.54) is 0 Å². The molecule has 0 saturated carbocycles. The Kier molecular flexibility index (Phi) is 4.84. The predicted octanol–water partition coefficient (Wildman–Crippen LogP) is 1.80. The first-order valence-electron chi connectivity index (χ1n) is 4.89. The van der Waals surface area contributed by atoms with Gasteiger partial charge in [-0.25, -0.2) is 0 Å². The fourth-order valence-corrected chi connectivity index (χ4v) is 2.60. The monoisotopic (exact) mass is 211 g/mol. The smallest absolute Gasteiger partial charge is 0.0488 e. The Morgan fingerprint density at radius 3 is 2.50 bits per heavy atom. The molecule has 1 atom stereocenters. The molecule has 14 heavy (non-hydrogen) atoms. The molecule has 1 unspecified atom stereocenters. The van der Waals surface area contributed by atoms with Gasteiger partial charge < -0.3 is 5.73 Å². The molecule has 1 aromatic carbocycles. The van der Waals surface area contributed by atoms with Crippen LogP contribution in [0.15, 0.2) is 24.3 Å². The zero-order chi connectivity index (χ0) is 10.4. The maximum absolute atomic E-state index is 11.6. The maximum atomic E-state index is 11.6. The molecule has 0 fully saturated rings. The fourth-order valence-electron chi connectivity index (χ4n) is 1.37. The van der Waals surface area contributed by atoms with Gasteiger partial charge in [-0.2, -0.15) is 0 Å². The summed E-state index contributed by atoms with van der Waals surface area (Å²) in [5.74, 6) is 1.42. The molecule has 0 bridgehead atoms. The summed E-state index contributed by atoms with van der Waals surface area (Å²) in [7, 11) is -0.738. The van der Waals surface area contributed by atoms with Gasteiger partial charge in [0.15, 0.2) is 0 Å². The molecule has 0 aliphatic heterocycles. The standard InChI is InChI=1S/C11H17NOS/c1-2-7-14(13)9-11-6-4-3-5-10(11)8-12/h3-6H,2,7-9,12H2,1H3. The Bertz CT molecular complexity index is 312. The van der Waals surface area contributed by atoms with Gasteiger partial charge in [-0.05, 0) is 17.5 Å². The molecule has 0 aliphatic carbocycles. The highest BCUT2D eigenvalue weighted by Crippen LogP contribution is 2.10. The Morgan fingerprint density at radius 2 is 1.93 bits per heavy atom. The molecule has 78 valence electrons. The van der Waals surface area contributed by atoms with E-state index in [4.69, 9.17) is 5.73 Å². The number of nitrogens with two attached hydrogens (primary N) is 1. The van der Waals surface area contributed by atoms with Crippen molar-refractivity contribution in [3.63, 3.8) is 0 Å². The highest BCUT2D eigenvalue weighted by molar-refractivity contribution is 7.84. The summed E-state index contributed by atoms with van der Waals surface area (Å²) in [6, 6.07) is 7.94. The molecule has 2 nitrogen and oxygen atoms in total. The van der Waals surface area contributed by atoms with Crippen molar-refractivity contribution in [2.24, 2.45) is 5.73 Å². The lowest BCUT2D eigenvalue weighted by Gasteiger charge is -2.06. The first kappa shape index (κ1) is 11.4. The second-order valence-electron chi connectivity index (χ2n) is 3.26. The van der Waals surface area contributed by atoms with Crippen molar-refractivity contribution in [2.45, 2.75) is 25.6 Å². The van der Waals surface area contributed by atoms with Crippen LogP contribution in [0.3, 0.4) is 0 Å². The second kappa shape index (κ2) is 5.94. The zero-order valence-electron chi connectivity index (χ0n) is 8.53. The Morgan fingerprint density at radius 1 is 1.29 bits per heavy atom. The minimum absolute atomic E-state index is 0.527. The van der Waals surface area contributed by atoms with E-state index in [9.17, 15) is 4.21 Å². The zero-order valence-corrected chi connectivity index (χ0v) is 9.35. The summed E-state index contributed by atoms with van der Waals surface area (Å²) >= 11 is 0. The Labute approximate surface area is 88.0 Å². The van der Waals surface area contributed by atoms with Gasteiger partial charge in [-0.3, -0.25) is 4.21 Å². The molecule has 0 aliphatic rings. The third kappa shape index (κ3) is 3.24. The molecule has 3 heteroatoms. The lowest BCUT2D eigenvalue weighted by atomic mass is 10.1. The van der Waals surface area contributed by atoms with Crippen LogP contribution < -0.4 is 5.73 Å². The summed E-state index contributed by atoms with van der Waals surface area (Å²) in [6.07, 6.45) is 0.970. The largest absolute Gasteiger partial charge is 0.326 e. The number of benzene rings is 1. The van der Waals surface area contributed by atoms with Gasteiger partial charge >= 0.3 is 0 Å². The van der Waals surface area contributed by atoms with Crippen molar-refractivity contribution >= 4 is 10.8 Å². The van der Waals surface area contributed by atoms with Gasteiger partial charge in [-0.15, -0.1) is 0 Å². The number of hydrogen-bond acceptors (Lipinski definition) is 2. The van der Waals surface area contributed by atoms with Crippen LogP contribution in [0.1, 0.15) is 24.5 Å². The molecule has 0 aromatic heterocycles. The Hall–Kier alpha value is -0.670. The molecule has 0 saturated heterocycles. The van der Waals surface area contributed by atoms with E-state index in [1.807, 2.05) is 31.2 Å². The van der Waals surface area contributed by atoms with Crippen LogP contribution in [-0.4, -0.2) is 9.96 Å². The van der Waals surface area contributed by atoms with Gasteiger partial charge in [0.05, 0.1) is 0 Å². The van der Waals surface area contributed by atoms with Gasteiger partial charge in [0.1, 0.15) is 0 Å². The van der Waals surface area contributed by atoms with Crippen LogP contribution >= 0.6 is 0 Å². The summed E-state index contributed by atoms with van der Waals surface area (Å²) in [5.41, 5.74) is 7.84. The molecule has 2 N–H and O–H groups in total. The highest BCUT2D eigenvalue weighted by Gasteiger charge is 2.04. The summed E-state index contributed by atoms with van der Waals surface area (Å²) in [6.45, 7) is 2.58. The number of hydrogen-bond donors (Lipinski definition) is 1. The SMILES string of the molecule is CCCS(=O)Cc1ccccc1CN. The van der Waals surface area contributed by atoms with Crippen molar-refractivity contribution in [3.05, 3.63) is 35.4 Å². The summed E-state index contributed by atoms with van der Waals surface area (Å²) in [5, 5.41) is 0. The van der Waals surface area contributed by atoms with Crippen LogP contribution in [0.5, 0.6) is 0 Å². The quantitative estimate of drug-likeness (QED) is 0.807. The van der Waals surface area contributed by atoms with E-state index < -0.39 is 10.8 Å². The van der Waals surface area contributed by atoms with Crippen LogP contribution in [0.4, 0.5) is 0 Å². The average molecular weight is 211 g/mol. The van der Waals surface area contributed by atoms with Gasteiger partial charge in [0.2, 0.25) is 0 Å². The van der Waals surface area contributed by atoms with Crippen molar-refractivity contribution < 1.29 is 4.21 Å². The summed E-state index contributed by atoms with van der Waals surface area (Å²) in [4.78, 5) is 0. The minimum Gasteiger partial charge on any atom is -0.326 e. The third-order valence-corrected chi connectivity index (χ3v) is 3.58. The molecule has 0 amide bonds. The number of rotatable bonds is 5. The Balaban J connectivity index is 2.70. The van der Waals surface area contributed by atoms with Gasteiger partial charge in [-0.1, -0.05) is 31.2 Å². The third-order valence-electron chi connectivity index (χ3n) is 2.09. The van der Waals surface area contributed by atoms with Crippen molar-refractivity contribution in [1.82, 2.24) is 0 Å². The van der Waals surface area contributed by atoms with Crippen LogP contribution in [0, 0.1) is 0 Å². The van der Waals surface area contributed by atoms with E-state index in [1.54, 1.807) is 0 Å². The van der Waals surface area contributed by atoms with E-state index in [0.717, 1.165) is 23.3 Å². The van der Waals surface area contributed by atoms with E-state index in [2.05, 4.69) is 0 Å². The minimum atomic E-state index is -0.738. The summed E-state index contributed by atoms with van der Waals surface area (Å²) < 4.78 is 11.6. The van der Waals surface area contributed by atoms with Crippen molar-refractivity contribution in [3.8, 4) is 0 Å². The molecule has 1 aromatic rings. The first-order chi connectivity index (χ1) is 6.77. The molecule has 0 radical (unpaired) electrons. The maximum Gasteiger partial charge on any atom is 0.0488 e. The molecular weight excluding hydrogens is 194 g/mol. The highest BCUT2D eigenvalue weighted by atomic mass is 32.2.